The van der Waals surface area contributed by atoms with E-state index in [0.29, 0.717) is 22.0 Å². The first-order valence-electron chi connectivity index (χ1n) is 9.06. The summed E-state index contributed by atoms with van der Waals surface area (Å²) in [5.74, 6) is -2.16. The summed E-state index contributed by atoms with van der Waals surface area (Å²) in [7, 11) is 0. The molecule has 8 heteroatoms. The Morgan fingerprint density at radius 1 is 1.14 bits per heavy atom. The van der Waals surface area contributed by atoms with Gasteiger partial charge in [0.25, 0.3) is 11.7 Å². The molecule has 2 aromatic heterocycles. The Morgan fingerprint density at radius 3 is 2.41 bits per heavy atom. The molecule has 0 aliphatic heterocycles. The van der Waals surface area contributed by atoms with Crippen molar-refractivity contribution in [3.05, 3.63) is 57.9 Å². The quantitative estimate of drug-likeness (QED) is 0.362. The Kier molecular flexibility index (Phi) is 5.93. The number of esters is 1. The Bertz CT molecular complexity index is 1080. The smallest absolute Gasteiger partial charge is 0.340 e. The molecule has 3 aromatic rings. The van der Waals surface area contributed by atoms with Crippen molar-refractivity contribution in [3.8, 4) is 11.1 Å². The van der Waals surface area contributed by atoms with E-state index >= 15 is 0 Å². The maximum absolute atomic E-state index is 12.9. The zero-order valence-electron chi connectivity index (χ0n) is 16.6. The van der Waals surface area contributed by atoms with E-state index in [4.69, 9.17) is 4.74 Å². The Labute approximate surface area is 172 Å². The summed E-state index contributed by atoms with van der Waals surface area (Å²) in [6.45, 7) is 7.31. The number of carbonyl (C=O) groups is 3. The van der Waals surface area contributed by atoms with Gasteiger partial charge in [-0.2, -0.15) is 0 Å². The second-order valence-electron chi connectivity index (χ2n) is 6.54. The van der Waals surface area contributed by atoms with E-state index in [0.717, 1.165) is 11.3 Å². The highest BCUT2D eigenvalue weighted by Crippen LogP contribution is 2.32. The van der Waals surface area contributed by atoms with Crippen LogP contribution in [0.15, 0.2) is 29.6 Å². The van der Waals surface area contributed by atoms with E-state index in [1.54, 1.807) is 38.3 Å². The second-order valence-corrected chi connectivity index (χ2v) is 7.40. The number of benzene rings is 1. The summed E-state index contributed by atoms with van der Waals surface area (Å²) >= 11 is 1.23. The monoisotopic (exact) mass is 411 g/mol. The highest BCUT2D eigenvalue weighted by Gasteiger charge is 2.30. The summed E-state index contributed by atoms with van der Waals surface area (Å²) in [4.78, 5) is 45.1. The number of aryl methyl sites for hydroxylation is 3. The van der Waals surface area contributed by atoms with E-state index in [1.165, 1.54) is 11.3 Å². The van der Waals surface area contributed by atoms with Gasteiger partial charge in [-0.25, -0.2) is 9.78 Å². The largest absolute Gasteiger partial charge is 0.462 e. The highest BCUT2D eigenvalue weighted by atomic mass is 32.1. The van der Waals surface area contributed by atoms with Gasteiger partial charge in [0.1, 0.15) is 5.69 Å². The molecule has 3 rings (SSSR count). The molecule has 29 heavy (non-hydrogen) atoms. The summed E-state index contributed by atoms with van der Waals surface area (Å²) < 4.78 is 5.17. The van der Waals surface area contributed by atoms with Gasteiger partial charge in [0.15, 0.2) is 5.13 Å². The van der Waals surface area contributed by atoms with Crippen molar-refractivity contribution in [2.75, 3.05) is 11.9 Å². The second kappa shape index (κ2) is 8.40. The minimum Gasteiger partial charge on any atom is -0.462 e. The van der Waals surface area contributed by atoms with E-state index in [9.17, 15) is 14.4 Å². The van der Waals surface area contributed by atoms with Crippen LogP contribution >= 0.6 is 11.3 Å². The number of Topliss-reactive ketones (excluding diaryl/α,β-unsaturated/α-hetero) is 1. The minimum atomic E-state index is -0.829. The third-order valence-electron chi connectivity index (χ3n) is 4.28. The molecular weight excluding hydrogens is 390 g/mol. The number of hydrogen-bond acceptors (Lipinski definition) is 6. The van der Waals surface area contributed by atoms with Gasteiger partial charge >= 0.3 is 5.97 Å². The van der Waals surface area contributed by atoms with Gasteiger partial charge < -0.3 is 9.72 Å². The summed E-state index contributed by atoms with van der Waals surface area (Å²) in [6.07, 6.45) is 0. The molecule has 2 heterocycles. The molecule has 7 nitrogen and oxygen atoms in total. The molecule has 1 aromatic carbocycles. The van der Waals surface area contributed by atoms with Crippen LogP contribution in [0.3, 0.4) is 0 Å². The normalized spacial score (nSPS) is 10.6. The van der Waals surface area contributed by atoms with Crippen LogP contribution in [-0.4, -0.2) is 34.2 Å². The molecule has 0 saturated heterocycles. The standard InChI is InChI=1S/C21H21N3O4S/c1-5-28-20(27)15-13(4)23-17(16(15)14-8-6-11(2)7-9-14)18(25)19(26)24-21-22-12(3)10-29-21/h6-10,23H,5H2,1-4H3,(H,22,24,26). The van der Waals surface area contributed by atoms with Crippen molar-refractivity contribution in [1.29, 1.82) is 0 Å². The molecule has 0 radical (unpaired) electrons. The lowest BCUT2D eigenvalue weighted by atomic mass is 9.97. The van der Waals surface area contributed by atoms with Gasteiger partial charge in [0.2, 0.25) is 0 Å². The molecule has 1 amide bonds. The fraction of sp³-hybridized carbons (Fsp3) is 0.238. The average Bonchev–Trinajstić information content (AvgIpc) is 3.24. The number of amides is 1. The molecule has 150 valence electrons. The molecule has 0 atom stereocenters. The molecule has 0 aliphatic rings. The molecule has 0 aliphatic carbocycles. The number of thiazole rings is 1. The van der Waals surface area contributed by atoms with Gasteiger partial charge in [-0.3, -0.25) is 14.9 Å². The number of H-pyrrole nitrogens is 1. The van der Waals surface area contributed by atoms with Crippen LogP contribution in [0.2, 0.25) is 0 Å². The lowest BCUT2D eigenvalue weighted by Gasteiger charge is -2.08. The van der Waals surface area contributed by atoms with Crippen molar-refractivity contribution < 1.29 is 19.1 Å². The maximum atomic E-state index is 12.9. The molecular formula is C21H21N3O4S. The number of ketones is 1. The predicted octanol–water partition coefficient (Wildman–Crippen LogP) is 4.06. The first-order valence-corrected chi connectivity index (χ1v) is 9.94. The number of nitrogens with zero attached hydrogens (tertiary/aromatic N) is 1. The number of nitrogens with one attached hydrogen (secondary N) is 2. The predicted molar refractivity (Wildman–Crippen MR) is 111 cm³/mol. The van der Waals surface area contributed by atoms with E-state index < -0.39 is 17.7 Å². The topological polar surface area (TPSA) is 101 Å². The van der Waals surface area contributed by atoms with Crippen LogP contribution in [0, 0.1) is 20.8 Å². The number of hydrogen-bond donors (Lipinski definition) is 2. The zero-order chi connectivity index (χ0) is 21.1. The molecule has 0 saturated carbocycles. The Hall–Kier alpha value is -3.26. The zero-order valence-corrected chi connectivity index (χ0v) is 17.4. The molecule has 0 fully saturated rings. The number of carbonyl (C=O) groups excluding carboxylic acids is 3. The highest BCUT2D eigenvalue weighted by molar-refractivity contribution is 7.14. The fourth-order valence-electron chi connectivity index (χ4n) is 2.94. The SMILES string of the molecule is CCOC(=O)c1c(C)[nH]c(C(=O)C(=O)Nc2nc(C)cs2)c1-c1ccc(C)cc1. The number of aromatic nitrogens is 2. The third kappa shape index (κ3) is 4.27. The lowest BCUT2D eigenvalue weighted by Crippen LogP contribution is -2.23. The Morgan fingerprint density at radius 2 is 1.83 bits per heavy atom. The van der Waals surface area contributed by atoms with Crippen LogP contribution < -0.4 is 5.32 Å². The van der Waals surface area contributed by atoms with E-state index in [2.05, 4.69) is 15.3 Å². The van der Waals surface area contributed by atoms with E-state index in [-0.39, 0.29) is 17.9 Å². The fourth-order valence-corrected chi connectivity index (χ4v) is 3.62. The van der Waals surface area contributed by atoms with Crippen molar-refractivity contribution in [2.45, 2.75) is 27.7 Å². The van der Waals surface area contributed by atoms with Gasteiger partial charge in [0.05, 0.1) is 17.9 Å². The van der Waals surface area contributed by atoms with E-state index in [1.807, 2.05) is 19.1 Å². The molecule has 0 spiro atoms. The van der Waals surface area contributed by atoms with Gasteiger partial charge in [-0.1, -0.05) is 29.8 Å². The minimum absolute atomic E-state index is 0.0418. The lowest BCUT2D eigenvalue weighted by molar-refractivity contribution is -0.112. The summed E-state index contributed by atoms with van der Waals surface area (Å²) in [5.41, 5.74) is 3.53. The molecule has 0 unspecified atom stereocenters. The van der Waals surface area contributed by atoms with Crippen LogP contribution in [0.5, 0.6) is 0 Å². The molecule has 2 N–H and O–H groups in total. The first-order chi connectivity index (χ1) is 13.8. The van der Waals surface area contributed by atoms with Crippen molar-refractivity contribution in [1.82, 2.24) is 9.97 Å². The average molecular weight is 411 g/mol. The van der Waals surface area contributed by atoms with Gasteiger partial charge in [-0.05, 0) is 33.3 Å². The number of ether oxygens (including phenoxy) is 1. The molecule has 0 bridgehead atoms. The first kappa shape index (κ1) is 20.5. The van der Waals surface area contributed by atoms with Crippen molar-refractivity contribution in [2.24, 2.45) is 0 Å². The Balaban J connectivity index is 2.06. The number of aromatic amines is 1. The third-order valence-corrected chi connectivity index (χ3v) is 5.16. The van der Waals surface area contributed by atoms with Gasteiger partial charge in [-0.15, -0.1) is 11.3 Å². The van der Waals surface area contributed by atoms with Crippen molar-refractivity contribution >= 4 is 34.1 Å². The van der Waals surface area contributed by atoms with Crippen LogP contribution in [0.25, 0.3) is 11.1 Å². The summed E-state index contributed by atoms with van der Waals surface area (Å²) in [5, 5.41) is 4.63. The maximum Gasteiger partial charge on any atom is 0.340 e. The summed E-state index contributed by atoms with van der Waals surface area (Å²) in [6, 6.07) is 7.36. The number of anilines is 1. The van der Waals surface area contributed by atoms with Crippen LogP contribution in [0.4, 0.5) is 5.13 Å². The van der Waals surface area contributed by atoms with Crippen LogP contribution in [0.1, 0.15) is 44.7 Å². The van der Waals surface area contributed by atoms with Gasteiger partial charge in [0, 0.05) is 16.6 Å². The van der Waals surface area contributed by atoms with Crippen LogP contribution in [-0.2, 0) is 9.53 Å². The number of rotatable bonds is 6. The van der Waals surface area contributed by atoms with Crippen molar-refractivity contribution in [3.63, 3.8) is 0 Å².